The third-order valence-corrected chi connectivity index (χ3v) is 21.3. The predicted octanol–water partition coefficient (Wildman–Crippen LogP) is 13.4. The molecule has 134 heavy (non-hydrogen) atoms. The number of carbonyl (C=O) groups excluding carboxylic acids is 1. The van der Waals surface area contributed by atoms with Crippen LogP contribution in [-0.2, 0) is 91.8 Å². The van der Waals surface area contributed by atoms with Gasteiger partial charge in [0.15, 0.2) is 5.82 Å². The van der Waals surface area contributed by atoms with E-state index in [0.717, 1.165) is 195 Å². The van der Waals surface area contributed by atoms with Crippen molar-refractivity contribution in [2.75, 3.05) is 92.4 Å². The van der Waals surface area contributed by atoms with Gasteiger partial charge in [-0.25, -0.2) is 18.6 Å². The molecule has 3 saturated heterocycles. The number of aryl methyl sites for hydroxylation is 6. The number of phenols is 3. The number of nitrogens with two attached hydrogens (primary N) is 1. The molecule has 11 aromatic rings. The van der Waals surface area contributed by atoms with Crippen molar-refractivity contribution in [3.63, 3.8) is 0 Å². The van der Waals surface area contributed by atoms with Gasteiger partial charge in [-0.05, 0) is 206 Å². The van der Waals surface area contributed by atoms with E-state index < -0.39 is 11.7 Å². The number of aromatic nitrogens is 18. The molecule has 5 aliphatic heterocycles. The molecule has 0 saturated carbocycles. The van der Waals surface area contributed by atoms with Crippen LogP contribution >= 0.6 is 60.2 Å². The van der Waals surface area contributed by atoms with Gasteiger partial charge in [0.05, 0.1) is 66.9 Å². The molecule has 3 fully saturated rings. The van der Waals surface area contributed by atoms with Crippen LogP contribution in [0.25, 0.3) is 56.7 Å². The number of hydrogen-bond donors (Lipinski definition) is 11. The zero-order valence-corrected chi connectivity index (χ0v) is 82.3. The monoisotopic (exact) mass is 2250 g/mol. The summed E-state index contributed by atoms with van der Waals surface area (Å²) in [4.78, 5) is 38.8. The molecular weight excluding hydrogens is 2120 g/mol. The molecule has 5 aliphatic rings. The van der Waals surface area contributed by atoms with Gasteiger partial charge in [-0.3, -0.25) is 4.68 Å². The summed E-state index contributed by atoms with van der Waals surface area (Å²) in [6, 6.07) is 35.2. The molecule has 0 aliphatic carbocycles. The largest absolute Gasteiger partial charge is 0.508 e. The molecule has 735 valence electrons. The number of hydrogen-bond acceptors (Lipinski definition) is 21. The van der Waals surface area contributed by atoms with Gasteiger partial charge in [-0.2, -0.15) is 49.3 Å². The smallest absolute Gasteiger partial charge is 0.407 e. The van der Waals surface area contributed by atoms with Crippen molar-refractivity contribution in [1.82, 2.24) is 70.5 Å². The molecule has 14 N–H and O–H groups in total. The molecule has 34 nitrogen and oxygen atoms in total. The molecule has 1 radical (unpaired) electrons. The first-order valence-corrected chi connectivity index (χ1v) is 43.1. The Bertz CT molecular complexity index is 5320. The number of halogens is 6. The number of alkyl carbamates (subject to hydrolysis) is 1. The van der Waals surface area contributed by atoms with Gasteiger partial charge in [-0.15, -0.1) is 17.1 Å². The van der Waals surface area contributed by atoms with E-state index in [2.05, 4.69) is 111 Å². The van der Waals surface area contributed by atoms with Crippen LogP contribution in [0.5, 0.6) is 28.7 Å². The fourth-order valence-electron chi connectivity index (χ4n) is 13.2. The van der Waals surface area contributed by atoms with Crippen LogP contribution in [-0.4, -0.2) is 203 Å². The molecular formula is C92H136BBr3ClF2N20O14W+4. The van der Waals surface area contributed by atoms with Crippen molar-refractivity contribution in [3.05, 3.63) is 208 Å². The average molecular weight is 2250 g/mol. The third-order valence-electron chi connectivity index (χ3n) is 19.9. The van der Waals surface area contributed by atoms with Gasteiger partial charge in [0.25, 0.3) is 17.5 Å². The van der Waals surface area contributed by atoms with Crippen LogP contribution in [0.2, 0.25) is 0 Å². The van der Waals surface area contributed by atoms with Gasteiger partial charge in [0.1, 0.15) is 88.6 Å². The summed E-state index contributed by atoms with van der Waals surface area (Å²) < 4.78 is 82.4. The minimum Gasteiger partial charge on any atom is -0.508 e. The van der Waals surface area contributed by atoms with Crippen molar-refractivity contribution in [3.8, 4) is 74.3 Å². The minimum absolute atomic E-state index is 0. The molecule has 0 unspecified atom stereocenters. The number of carbonyl (C=O) groups is 1. The van der Waals surface area contributed by atoms with Gasteiger partial charge in [0.2, 0.25) is 0 Å². The minimum atomic E-state index is -0.613. The average Bonchev–Trinajstić information content (AvgIpc) is 1.70. The van der Waals surface area contributed by atoms with E-state index in [0.29, 0.717) is 77.6 Å². The third kappa shape index (κ3) is 38.4. The SMILES string of the molecule is C.C.C.C.C.C[n+]1[nH]c(-c2ccc(O)cc2)nc1C1=CCOCC1.C[n+]1[nH]c(-c2ccc(O)cc2)nc1C1CCOCC1.C[n+]1[nH]c(-c2ccc(OC/C(=C/F)CNC(=O)OC(C)(C)C)cc2)nc1C1CCOCC1.C[n+]1[nH]c(Br)nc1Br.C[n+]1[nH]c(Br)nc1C1=CCOCC1.Cl.Cn1nc(-c2ccc(OC/C(=C/F)CN)cc2)nc1C1CCOCC1.O.O[B]c1ccc(O)cc1.[CH3-].[W]. The molecule has 0 bridgehead atoms. The van der Waals surface area contributed by atoms with Crippen LogP contribution in [0, 0.1) is 7.43 Å². The first kappa shape index (κ1) is 122. The van der Waals surface area contributed by atoms with Crippen LogP contribution in [0.3, 0.4) is 0 Å². The quantitative estimate of drug-likeness (QED) is 0.0203. The van der Waals surface area contributed by atoms with Crippen LogP contribution in [0.4, 0.5) is 13.6 Å². The number of aromatic hydroxyl groups is 3. The zero-order valence-electron chi connectivity index (χ0n) is 73.8. The molecule has 1 amide bonds. The Balaban J connectivity index is 0.000000802. The molecule has 5 aromatic carbocycles. The predicted molar refractivity (Wildman–Crippen MR) is 523 cm³/mol. The second-order valence-electron chi connectivity index (χ2n) is 30.4. The van der Waals surface area contributed by atoms with E-state index in [1.54, 1.807) is 61.9 Å². The van der Waals surface area contributed by atoms with Gasteiger partial charge in [0, 0.05) is 176 Å². The Morgan fingerprint density at radius 1 is 0.537 bits per heavy atom. The second kappa shape index (κ2) is 62.0. The first-order chi connectivity index (χ1) is 60.2. The fourth-order valence-corrected chi connectivity index (χ4v) is 14.6. The number of ether oxygens (including phenoxy) is 8. The number of benzene rings is 5. The number of aromatic amines is 5. The summed E-state index contributed by atoms with van der Waals surface area (Å²) in [6.45, 7) is 13.2. The van der Waals surface area contributed by atoms with E-state index in [-0.39, 0.29) is 127 Å². The van der Waals surface area contributed by atoms with Crippen LogP contribution < -0.4 is 49.4 Å². The van der Waals surface area contributed by atoms with E-state index in [1.165, 1.54) is 23.3 Å². The van der Waals surface area contributed by atoms with Crippen molar-refractivity contribution < 1.29 is 122 Å². The molecule has 0 spiro atoms. The summed E-state index contributed by atoms with van der Waals surface area (Å²) in [7, 11) is 12.6. The zero-order chi connectivity index (χ0) is 89.4. The Morgan fingerprint density at radius 2 is 0.918 bits per heavy atom. The molecule has 6 aromatic heterocycles. The van der Waals surface area contributed by atoms with E-state index >= 15 is 0 Å². The summed E-state index contributed by atoms with van der Waals surface area (Å²) in [5.41, 5.74) is 12.4. The number of amides is 1. The molecule has 42 heteroatoms. The van der Waals surface area contributed by atoms with Crippen molar-refractivity contribution in [2.45, 2.75) is 133 Å². The maximum Gasteiger partial charge on any atom is 0.407 e. The topological polar surface area (TPSA) is 435 Å². The number of nitrogens with one attached hydrogen (secondary N) is 6. The summed E-state index contributed by atoms with van der Waals surface area (Å²) in [6.07, 6.45) is 12.2. The Kier molecular flexibility index (Phi) is 56.6. The Labute approximate surface area is 832 Å². The number of H-pyrrole nitrogens is 5. The van der Waals surface area contributed by atoms with E-state index in [9.17, 15) is 23.8 Å². The Morgan fingerprint density at radius 3 is 1.29 bits per heavy atom. The van der Waals surface area contributed by atoms with Crippen LogP contribution in [0.1, 0.15) is 156 Å². The van der Waals surface area contributed by atoms with E-state index in [4.69, 9.17) is 68.7 Å². The normalized spacial score (nSPS) is 14.1. The molecule has 0 atom stereocenters. The van der Waals surface area contributed by atoms with Crippen molar-refractivity contribution >= 4 is 90.4 Å². The number of phenolic OH excluding ortho intramolecular Hbond substituents is 3. The standard InChI is InChI=1S/C23H31FN4O4.C18H23FN4O2.C14H17N3O2.C14H15N3O2.C8H10BrN3O.C6H6BO2.C3H3Br2N3.5CH4.CH3.ClH.H2O.W/c1-23(2,3)32-22(29)25-14-16(13-24)15-31-19-7-5-17(6-8-19)20-26-21(28(4)27-20)18-9-11-30-12-10-18;1-23-18(15-6-8-24-9-7-15)21-17(22-23)14-2-4-16(5-3-14)25-12-13(10-19)11-20;2*1-17-14(11-6-8-19-9-7-11)15-13(16-17)10-2-4-12(18)5-3-10;1-12-7(10-8(9)11-12)6-2-4-13-5-3-6;8-6-3-1-5(7-9)2-4-6;1-8-3(5)6-2(4)7-8;;;;;;;;;/h5-8,13,18H,9-12,14-15H2,1-4H3,(H,25,29);2-5,10,15H,6-9,11-12,20H2,1H3;2-5,11H,6-9H2,1H3,(H,16,18);2-6H,7-9H2,1H3,(H,16,18);2H,3-5H2,1H3;1-4,8-9H;1H3;5*1H4;1H3;1H;1H2;/q;;;;;;;;;;;;-1;;;/p+5/b16-13+;13-10+;;;;;;;;;;;;;;. The second-order valence-corrected chi connectivity index (χ2v) is 32.6. The molecule has 16 rings (SSSR count). The summed E-state index contributed by atoms with van der Waals surface area (Å²) in [5, 5.41) is 58.6. The number of nitrogens with zero attached hydrogens (tertiary/aromatic N) is 13. The van der Waals surface area contributed by atoms with Crippen molar-refractivity contribution in [2.24, 2.45) is 48.0 Å². The van der Waals surface area contributed by atoms with Gasteiger partial charge >= 0.3 is 51.1 Å². The summed E-state index contributed by atoms with van der Waals surface area (Å²) >= 11 is 9.68. The fraction of sp³-hybridized carbons (Fsp3) is 0.435. The van der Waals surface area contributed by atoms with Gasteiger partial charge < -0.3 is 82.2 Å². The summed E-state index contributed by atoms with van der Waals surface area (Å²) in [5.74, 6) is 11.3. The Hall–Kier alpha value is -9.81. The van der Waals surface area contributed by atoms with Gasteiger partial charge in [-0.1, -0.05) is 54.7 Å². The molecule has 11 heterocycles. The van der Waals surface area contributed by atoms with E-state index in [1.807, 2.05) is 138 Å². The maximum atomic E-state index is 13.2. The number of rotatable bonds is 19. The maximum absolute atomic E-state index is 13.2. The van der Waals surface area contributed by atoms with Crippen molar-refractivity contribution in [1.29, 1.82) is 0 Å². The first-order valence-electron chi connectivity index (χ1n) is 40.7. The van der Waals surface area contributed by atoms with Crippen LogP contribution in [0.15, 0.2) is 171 Å².